The molecule has 0 fully saturated rings. The minimum Gasteiger partial charge on any atom is -0.438 e. The standard InChI is InChI=1S/C11H16O4/c1-2-3-4-8-5-6-9(13)10(8)11(14)15-7-12/h5-6,8,10,12H,2-4,7H2,1H3. The van der Waals surface area contributed by atoms with Gasteiger partial charge < -0.3 is 9.84 Å². The lowest BCUT2D eigenvalue weighted by molar-refractivity contribution is -0.159. The molecule has 0 aromatic rings. The molecule has 2 atom stereocenters. The number of allylic oxidation sites excluding steroid dienone is 2. The van der Waals surface area contributed by atoms with Crippen molar-refractivity contribution in [3.63, 3.8) is 0 Å². The van der Waals surface area contributed by atoms with Crippen molar-refractivity contribution in [3.05, 3.63) is 12.2 Å². The number of ketones is 1. The Labute approximate surface area is 88.9 Å². The summed E-state index contributed by atoms with van der Waals surface area (Å²) in [5, 5.41) is 8.47. The van der Waals surface area contributed by atoms with E-state index in [-0.39, 0.29) is 11.7 Å². The van der Waals surface area contributed by atoms with Gasteiger partial charge in [-0.05, 0) is 18.4 Å². The first kappa shape index (κ1) is 11.9. The maximum atomic E-state index is 11.4. The Morgan fingerprint density at radius 1 is 1.60 bits per heavy atom. The van der Waals surface area contributed by atoms with Gasteiger partial charge in [-0.3, -0.25) is 9.59 Å². The average Bonchev–Trinajstić information content (AvgIpc) is 2.57. The van der Waals surface area contributed by atoms with Crippen LogP contribution in [0.4, 0.5) is 0 Å². The van der Waals surface area contributed by atoms with Gasteiger partial charge in [0.15, 0.2) is 12.6 Å². The first-order valence-electron chi connectivity index (χ1n) is 5.20. The molecule has 0 amide bonds. The van der Waals surface area contributed by atoms with Gasteiger partial charge in [-0.2, -0.15) is 0 Å². The summed E-state index contributed by atoms with van der Waals surface area (Å²) in [7, 11) is 0. The van der Waals surface area contributed by atoms with Crippen LogP contribution < -0.4 is 0 Å². The van der Waals surface area contributed by atoms with Gasteiger partial charge in [0.25, 0.3) is 0 Å². The minimum absolute atomic E-state index is 0.0588. The first-order valence-corrected chi connectivity index (χ1v) is 5.20. The Morgan fingerprint density at radius 2 is 2.33 bits per heavy atom. The van der Waals surface area contributed by atoms with Crippen LogP contribution in [0.5, 0.6) is 0 Å². The zero-order chi connectivity index (χ0) is 11.3. The predicted molar refractivity (Wildman–Crippen MR) is 53.8 cm³/mol. The van der Waals surface area contributed by atoms with Crippen molar-refractivity contribution in [1.82, 2.24) is 0 Å². The summed E-state index contributed by atoms with van der Waals surface area (Å²) in [6.45, 7) is 1.39. The molecule has 1 aliphatic carbocycles. The molecule has 84 valence electrons. The van der Waals surface area contributed by atoms with Gasteiger partial charge in [-0.15, -0.1) is 0 Å². The molecule has 1 rings (SSSR count). The number of carbonyl (C=O) groups excluding carboxylic acids is 2. The van der Waals surface area contributed by atoms with Gasteiger partial charge in [-0.25, -0.2) is 0 Å². The number of unbranched alkanes of at least 4 members (excludes halogenated alkanes) is 1. The van der Waals surface area contributed by atoms with E-state index in [2.05, 4.69) is 11.7 Å². The highest BCUT2D eigenvalue weighted by molar-refractivity contribution is 6.07. The van der Waals surface area contributed by atoms with Crippen molar-refractivity contribution < 1.29 is 19.4 Å². The quantitative estimate of drug-likeness (QED) is 0.420. The summed E-state index contributed by atoms with van der Waals surface area (Å²) in [6, 6.07) is 0. The fraction of sp³-hybridized carbons (Fsp3) is 0.636. The van der Waals surface area contributed by atoms with E-state index in [0.29, 0.717) is 0 Å². The number of hydrogen-bond acceptors (Lipinski definition) is 4. The van der Waals surface area contributed by atoms with Gasteiger partial charge in [-0.1, -0.05) is 25.8 Å². The van der Waals surface area contributed by atoms with Gasteiger partial charge in [0.2, 0.25) is 0 Å². The van der Waals surface area contributed by atoms with Crippen LogP contribution >= 0.6 is 0 Å². The van der Waals surface area contributed by atoms with Gasteiger partial charge in [0.1, 0.15) is 5.92 Å². The lowest BCUT2D eigenvalue weighted by Gasteiger charge is -2.15. The van der Waals surface area contributed by atoms with Crippen LogP contribution in [0.3, 0.4) is 0 Å². The SMILES string of the molecule is CCCCC1C=CC(=O)C1C(=O)OCO. The molecule has 1 aliphatic rings. The summed E-state index contributed by atoms with van der Waals surface area (Å²) >= 11 is 0. The van der Waals surface area contributed by atoms with E-state index in [9.17, 15) is 9.59 Å². The molecular formula is C11H16O4. The highest BCUT2D eigenvalue weighted by atomic mass is 16.6. The topological polar surface area (TPSA) is 63.6 Å². The predicted octanol–water partition coefficient (Wildman–Crippen LogP) is 1.04. The van der Waals surface area contributed by atoms with Gasteiger partial charge in [0, 0.05) is 0 Å². The second kappa shape index (κ2) is 5.66. The molecule has 0 aliphatic heterocycles. The van der Waals surface area contributed by atoms with Crippen LogP contribution in [0.1, 0.15) is 26.2 Å². The number of hydrogen-bond donors (Lipinski definition) is 1. The maximum absolute atomic E-state index is 11.4. The van der Waals surface area contributed by atoms with Crippen molar-refractivity contribution in [3.8, 4) is 0 Å². The molecule has 4 heteroatoms. The molecule has 0 aromatic heterocycles. The third-order valence-corrected chi connectivity index (χ3v) is 2.59. The summed E-state index contributed by atoms with van der Waals surface area (Å²) in [5.74, 6) is -1.62. The number of ether oxygens (including phenoxy) is 1. The van der Waals surface area contributed by atoms with Crippen LogP contribution in [-0.4, -0.2) is 23.7 Å². The lowest BCUT2D eigenvalue weighted by atomic mass is 9.90. The maximum Gasteiger partial charge on any atom is 0.319 e. The molecule has 15 heavy (non-hydrogen) atoms. The number of carbonyl (C=O) groups is 2. The average molecular weight is 212 g/mol. The van der Waals surface area contributed by atoms with Crippen LogP contribution in [0, 0.1) is 11.8 Å². The van der Waals surface area contributed by atoms with Crippen molar-refractivity contribution in [1.29, 1.82) is 0 Å². The Kier molecular flexibility index (Phi) is 4.49. The molecule has 0 radical (unpaired) electrons. The summed E-state index contributed by atoms with van der Waals surface area (Å²) in [5.41, 5.74) is 0. The summed E-state index contributed by atoms with van der Waals surface area (Å²) in [6.07, 6.45) is 6.01. The number of esters is 1. The number of aliphatic hydroxyl groups is 1. The van der Waals surface area contributed by atoms with Crippen LogP contribution in [0.2, 0.25) is 0 Å². The molecule has 0 saturated carbocycles. The van der Waals surface area contributed by atoms with E-state index in [1.807, 2.05) is 0 Å². The first-order chi connectivity index (χ1) is 7.20. The molecule has 2 unspecified atom stereocenters. The summed E-state index contributed by atoms with van der Waals surface area (Å²) in [4.78, 5) is 22.8. The van der Waals surface area contributed by atoms with Crippen molar-refractivity contribution in [2.75, 3.05) is 6.79 Å². The highest BCUT2D eigenvalue weighted by Crippen LogP contribution is 2.28. The van der Waals surface area contributed by atoms with Crippen LogP contribution in [-0.2, 0) is 14.3 Å². The van der Waals surface area contributed by atoms with E-state index in [1.165, 1.54) is 6.08 Å². The molecule has 0 bridgehead atoms. The smallest absolute Gasteiger partial charge is 0.319 e. The Morgan fingerprint density at radius 3 is 2.93 bits per heavy atom. The van der Waals surface area contributed by atoms with Gasteiger partial charge >= 0.3 is 5.97 Å². The van der Waals surface area contributed by atoms with E-state index < -0.39 is 18.7 Å². The minimum atomic E-state index is -0.733. The van der Waals surface area contributed by atoms with E-state index >= 15 is 0 Å². The second-order valence-corrected chi connectivity index (χ2v) is 3.64. The monoisotopic (exact) mass is 212 g/mol. The normalized spacial score (nSPS) is 24.5. The molecule has 4 nitrogen and oxygen atoms in total. The summed E-state index contributed by atoms with van der Waals surface area (Å²) < 4.78 is 4.46. The third kappa shape index (κ3) is 2.89. The van der Waals surface area contributed by atoms with Gasteiger partial charge in [0.05, 0.1) is 0 Å². The fourth-order valence-corrected chi connectivity index (χ4v) is 1.79. The lowest BCUT2D eigenvalue weighted by Crippen LogP contribution is -2.28. The Balaban J connectivity index is 2.59. The zero-order valence-electron chi connectivity index (χ0n) is 8.81. The number of aliphatic hydroxyl groups excluding tert-OH is 1. The largest absolute Gasteiger partial charge is 0.438 e. The highest BCUT2D eigenvalue weighted by Gasteiger charge is 2.36. The van der Waals surface area contributed by atoms with E-state index in [0.717, 1.165) is 19.3 Å². The number of rotatable bonds is 5. The molecular weight excluding hydrogens is 196 g/mol. The molecule has 0 heterocycles. The van der Waals surface area contributed by atoms with Crippen molar-refractivity contribution in [2.24, 2.45) is 11.8 Å². The Bertz CT molecular complexity index is 270. The molecule has 1 N–H and O–H groups in total. The molecule has 0 saturated heterocycles. The Hall–Kier alpha value is -1.16. The van der Waals surface area contributed by atoms with Crippen LogP contribution in [0.25, 0.3) is 0 Å². The van der Waals surface area contributed by atoms with Crippen molar-refractivity contribution in [2.45, 2.75) is 26.2 Å². The van der Waals surface area contributed by atoms with Crippen LogP contribution in [0.15, 0.2) is 12.2 Å². The molecule has 0 aromatic carbocycles. The van der Waals surface area contributed by atoms with Crippen molar-refractivity contribution >= 4 is 11.8 Å². The fourth-order valence-electron chi connectivity index (χ4n) is 1.79. The van der Waals surface area contributed by atoms with E-state index in [4.69, 9.17) is 5.11 Å². The van der Waals surface area contributed by atoms with E-state index in [1.54, 1.807) is 6.08 Å². The second-order valence-electron chi connectivity index (χ2n) is 3.64. The molecule has 0 spiro atoms. The third-order valence-electron chi connectivity index (χ3n) is 2.59. The zero-order valence-corrected chi connectivity index (χ0v) is 8.81.